The molecule has 0 aliphatic heterocycles. The number of rotatable bonds is 6. The quantitative estimate of drug-likeness (QED) is 0.700. The molecule has 6 heteroatoms. The van der Waals surface area contributed by atoms with Gasteiger partial charge in [0.1, 0.15) is 0 Å². The molecule has 0 radical (unpaired) electrons. The Balaban J connectivity index is 4.59. The standard InChI is InChI=1S/C11H22N2O4/c1-5-10(2,3)6-7-11(4,16-8(12)14)17-9(13)15/h5-7H2,1-4H3,(H2,12,14)(H2,13,15). The minimum atomic E-state index is -1.40. The Kier molecular flexibility index (Phi) is 5.25. The van der Waals surface area contributed by atoms with Gasteiger partial charge < -0.3 is 20.9 Å². The monoisotopic (exact) mass is 246 g/mol. The van der Waals surface area contributed by atoms with Crippen LogP contribution in [0.3, 0.4) is 0 Å². The van der Waals surface area contributed by atoms with Crippen LogP contribution in [0.2, 0.25) is 0 Å². The van der Waals surface area contributed by atoms with E-state index in [1.165, 1.54) is 6.92 Å². The lowest BCUT2D eigenvalue weighted by Gasteiger charge is -2.31. The summed E-state index contributed by atoms with van der Waals surface area (Å²) in [5.74, 6) is -1.40. The van der Waals surface area contributed by atoms with Crippen molar-refractivity contribution in [2.45, 2.75) is 52.7 Å². The first-order valence-electron chi connectivity index (χ1n) is 5.57. The van der Waals surface area contributed by atoms with Gasteiger partial charge in [-0.3, -0.25) is 0 Å². The van der Waals surface area contributed by atoms with Crippen LogP contribution in [0.4, 0.5) is 9.59 Å². The Hall–Kier alpha value is -1.46. The van der Waals surface area contributed by atoms with Crippen molar-refractivity contribution in [3.05, 3.63) is 0 Å². The summed E-state index contributed by atoms with van der Waals surface area (Å²) in [7, 11) is 0. The van der Waals surface area contributed by atoms with Crippen molar-refractivity contribution in [2.75, 3.05) is 0 Å². The van der Waals surface area contributed by atoms with Gasteiger partial charge in [-0.1, -0.05) is 27.2 Å². The third-order valence-electron chi connectivity index (χ3n) is 2.85. The third kappa shape index (κ3) is 6.65. The highest BCUT2D eigenvalue weighted by molar-refractivity contribution is 5.67. The molecule has 0 rings (SSSR count). The predicted molar refractivity (Wildman–Crippen MR) is 63.0 cm³/mol. The molecule has 0 aromatic heterocycles. The molecule has 0 heterocycles. The maximum absolute atomic E-state index is 10.8. The van der Waals surface area contributed by atoms with E-state index < -0.39 is 18.0 Å². The largest absolute Gasteiger partial charge is 0.407 e. The number of hydrogen-bond acceptors (Lipinski definition) is 4. The molecule has 0 unspecified atom stereocenters. The summed E-state index contributed by atoms with van der Waals surface area (Å²) < 4.78 is 9.61. The van der Waals surface area contributed by atoms with Crippen LogP contribution in [0.15, 0.2) is 0 Å². The molecule has 0 saturated carbocycles. The van der Waals surface area contributed by atoms with Crippen LogP contribution in [0.1, 0.15) is 47.0 Å². The topological polar surface area (TPSA) is 105 Å². The Morgan fingerprint density at radius 2 is 1.41 bits per heavy atom. The molecule has 0 bridgehead atoms. The second-order valence-corrected chi connectivity index (χ2v) is 4.99. The lowest BCUT2D eigenvalue weighted by molar-refractivity contribution is -0.153. The summed E-state index contributed by atoms with van der Waals surface area (Å²) >= 11 is 0. The fourth-order valence-corrected chi connectivity index (χ4v) is 1.29. The van der Waals surface area contributed by atoms with Gasteiger partial charge in [-0.15, -0.1) is 0 Å². The SMILES string of the molecule is CCC(C)(C)CCC(C)(OC(N)=O)OC(N)=O. The van der Waals surface area contributed by atoms with Crippen molar-refractivity contribution in [3.8, 4) is 0 Å². The normalized spacial score (nSPS) is 12.0. The van der Waals surface area contributed by atoms with Gasteiger partial charge in [0.15, 0.2) is 0 Å². The summed E-state index contributed by atoms with van der Waals surface area (Å²) in [5.41, 5.74) is 9.92. The molecule has 6 nitrogen and oxygen atoms in total. The highest BCUT2D eigenvalue weighted by Gasteiger charge is 2.34. The van der Waals surface area contributed by atoms with Gasteiger partial charge in [0.25, 0.3) is 5.79 Å². The molecule has 0 aromatic carbocycles. The van der Waals surface area contributed by atoms with Gasteiger partial charge in [-0.25, -0.2) is 9.59 Å². The second kappa shape index (κ2) is 5.75. The molecule has 0 aliphatic rings. The molecule has 2 amide bonds. The molecule has 0 aromatic rings. The molecular weight excluding hydrogens is 224 g/mol. The van der Waals surface area contributed by atoms with Gasteiger partial charge in [0.05, 0.1) is 0 Å². The first-order valence-corrected chi connectivity index (χ1v) is 5.57. The van der Waals surface area contributed by atoms with Gasteiger partial charge in [0.2, 0.25) is 0 Å². The van der Waals surface area contributed by atoms with Crippen LogP contribution in [-0.2, 0) is 9.47 Å². The highest BCUT2D eigenvalue weighted by atomic mass is 16.7. The molecular formula is C11H22N2O4. The lowest BCUT2D eigenvalue weighted by atomic mass is 9.84. The molecule has 4 N–H and O–H groups in total. The first-order chi connectivity index (χ1) is 7.60. The van der Waals surface area contributed by atoms with E-state index in [0.717, 1.165) is 6.42 Å². The van der Waals surface area contributed by atoms with E-state index in [9.17, 15) is 9.59 Å². The van der Waals surface area contributed by atoms with Crippen molar-refractivity contribution < 1.29 is 19.1 Å². The average molecular weight is 246 g/mol. The molecule has 100 valence electrons. The summed E-state index contributed by atoms with van der Waals surface area (Å²) in [6, 6.07) is 0. The maximum atomic E-state index is 10.8. The fourth-order valence-electron chi connectivity index (χ4n) is 1.29. The molecule has 0 saturated heterocycles. The van der Waals surface area contributed by atoms with Gasteiger partial charge in [-0.05, 0) is 11.8 Å². The third-order valence-corrected chi connectivity index (χ3v) is 2.85. The molecule has 0 fully saturated rings. The second-order valence-electron chi connectivity index (χ2n) is 4.99. The number of ether oxygens (including phenoxy) is 2. The van der Waals surface area contributed by atoms with E-state index >= 15 is 0 Å². The van der Waals surface area contributed by atoms with Crippen molar-refractivity contribution in [2.24, 2.45) is 16.9 Å². The van der Waals surface area contributed by atoms with Crippen molar-refractivity contribution >= 4 is 12.2 Å². The van der Waals surface area contributed by atoms with E-state index in [1.807, 2.05) is 0 Å². The molecule has 0 aliphatic carbocycles. The number of nitrogens with two attached hydrogens (primary N) is 2. The van der Waals surface area contributed by atoms with Gasteiger partial charge in [-0.2, -0.15) is 0 Å². The summed E-state index contributed by atoms with van der Waals surface area (Å²) in [6.45, 7) is 7.67. The number of carbonyl (C=O) groups excluding carboxylic acids is 2. The molecule has 0 spiro atoms. The van der Waals surface area contributed by atoms with Crippen LogP contribution in [0.5, 0.6) is 0 Å². The van der Waals surface area contributed by atoms with Crippen LogP contribution >= 0.6 is 0 Å². The number of carbonyl (C=O) groups is 2. The van der Waals surface area contributed by atoms with Crippen LogP contribution < -0.4 is 11.5 Å². The van der Waals surface area contributed by atoms with Gasteiger partial charge in [0, 0.05) is 13.3 Å². The van der Waals surface area contributed by atoms with Crippen molar-refractivity contribution in [1.29, 1.82) is 0 Å². The van der Waals surface area contributed by atoms with E-state index in [0.29, 0.717) is 12.8 Å². The maximum Gasteiger partial charge on any atom is 0.407 e. The zero-order chi connectivity index (χ0) is 13.7. The minimum Gasteiger partial charge on any atom is -0.407 e. The Morgan fingerprint density at radius 3 is 1.71 bits per heavy atom. The summed E-state index contributed by atoms with van der Waals surface area (Å²) in [6.07, 6.45) is 0.0161. The van der Waals surface area contributed by atoms with Crippen LogP contribution in [0, 0.1) is 5.41 Å². The van der Waals surface area contributed by atoms with E-state index in [2.05, 4.69) is 20.8 Å². The molecule has 0 atom stereocenters. The van der Waals surface area contributed by atoms with E-state index in [1.54, 1.807) is 0 Å². The lowest BCUT2D eigenvalue weighted by Crippen LogP contribution is -2.41. The zero-order valence-corrected chi connectivity index (χ0v) is 10.9. The number of primary amides is 2. The minimum absolute atomic E-state index is 0.0588. The number of amides is 2. The highest BCUT2D eigenvalue weighted by Crippen LogP contribution is 2.31. The number of hydrogen-bond donors (Lipinski definition) is 2. The van der Waals surface area contributed by atoms with Crippen LogP contribution in [-0.4, -0.2) is 18.0 Å². The summed E-state index contributed by atoms with van der Waals surface area (Å²) in [5, 5.41) is 0. The predicted octanol–water partition coefficient (Wildman–Crippen LogP) is 2.11. The van der Waals surface area contributed by atoms with Crippen LogP contribution in [0.25, 0.3) is 0 Å². The fraction of sp³-hybridized carbons (Fsp3) is 0.818. The molecule has 17 heavy (non-hydrogen) atoms. The van der Waals surface area contributed by atoms with Crippen molar-refractivity contribution in [1.82, 2.24) is 0 Å². The first kappa shape index (κ1) is 15.5. The average Bonchev–Trinajstić information content (AvgIpc) is 2.13. The zero-order valence-electron chi connectivity index (χ0n) is 10.9. The van der Waals surface area contributed by atoms with E-state index in [4.69, 9.17) is 20.9 Å². The Morgan fingerprint density at radius 1 is 1.00 bits per heavy atom. The van der Waals surface area contributed by atoms with E-state index in [-0.39, 0.29) is 5.41 Å². The van der Waals surface area contributed by atoms with Gasteiger partial charge >= 0.3 is 12.2 Å². The Labute approximate surface area is 102 Å². The smallest absolute Gasteiger partial charge is 0.407 e. The van der Waals surface area contributed by atoms with Crippen molar-refractivity contribution in [3.63, 3.8) is 0 Å². The Bertz CT molecular complexity index is 273. The summed E-state index contributed by atoms with van der Waals surface area (Å²) in [4.78, 5) is 21.5.